The molecule has 0 radical (unpaired) electrons. The van der Waals surface area contributed by atoms with Gasteiger partial charge in [-0.05, 0) is 34.5 Å². The number of nitrogens with two attached hydrogens (primary N) is 2. The summed E-state index contributed by atoms with van der Waals surface area (Å²) in [5.74, 6) is 0.717. The van der Waals surface area contributed by atoms with Gasteiger partial charge in [-0.1, -0.05) is 22.9 Å². The molecule has 1 rings (SSSR count). The van der Waals surface area contributed by atoms with Crippen LogP contribution in [0.2, 0.25) is 0 Å². The summed E-state index contributed by atoms with van der Waals surface area (Å²) in [5, 5.41) is 6.34. The van der Waals surface area contributed by atoms with Crippen LogP contribution in [0.5, 0.6) is 5.75 Å². The van der Waals surface area contributed by atoms with Crippen molar-refractivity contribution < 1.29 is 9.84 Å². The second-order valence-electron chi connectivity index (χ2n) is 3.46. The highest BCUT2D eigenvalue weighted by Gasteiger charge is 2.10. The van der Waals surface area contributed by atoms with Crippen LogP contribution in [-0.2, 0) is 0 Å². The minimum absolute atomic E-state index is 0.0312. The SMILES string of the molecule is CCCOc1c(Br)cc(Br)cc1/C=[NH+]/N=C(N)N. The summed E-state index contributed by atoms with van der Waals surface area (Å²) in [6.07, 6.45) is 2.60. The topological polar surface area (TPSA) is 87.6 Å². The molecule has 0 aliphatic heterocycles. The number of rotatable bonds is 5. The molecular formula is C11H15Br2N4O+. The molecule has 0 aromatic heterocycles. The van der Waals surface area contributed by atoms with E-state index in [1.165, 1.54) is 0 Å². The Morgan fingerprint density at radius 2 is 2.17 bits per heavy atom. The third kappa shape index (κ3) is 4.66. The second-order valence-corrected chi connectivity index (χ2v) is 5.23. The molecule has 98 valence electrons. The van der Waals surface area contributed by atoms with Crippen LogP contribution in [0, 0.1) is 0 Å². The van der Waals surface area contributed by atoms with Crippen molar-refractivity contribution in [1.29, 1.82) is 0 Å². The minimum atomic E-state index is -0.0312. The fourth-order valence-electron chi connectivity index (χ4n) is 1.22. The van der Waals surface area contributed by atoms with Crippen molar-refractivity contribution in [2.24, 2.45) is 16.6 Å². The normalized spacial score (nSPS) is 10.6. The lowest BCUT2D eigenvalue weighted by molar-refractivity contribution is -0.456. The molecule has 7 heteroatoms. The van der Waals surface area contributed by atoms with E-state index >= 15 is 0 Å². The molecule has 0 fully saturated rings. The maximum Gasteiger partial charge on any atom is 0.256 e. The van der Waals surface area contributed by atoms with Gasteiger partial charge in [0, 0.05) is 9.57 Å². The van der Waals surface area contributed by atoms with Gasteiger partial charge >= 0.3 is 0 Å². The lowest BCUT2D eigenvalue weighted by Gasteiger charge is -2.09. The van der Waals surface area contributed by atoms with E-state index in [1.807, 2.05) is 19.1 Å². The molecule has 0 atom stereocenters. The fraction of sp³-hybridized carbons (Fsp3) is 0.273. The molecular weight excluding hydrogens is 364 g/mol. The summed E-state index contributed by atoms with van der Waals surface area (Å²) < 4.78 is 7.47. The van der Waals surface area contributed by atoms with E-state index in [9.17, 15) is 0 Å². The average Bonchev–Trinajstić information content (AvgIpc) is 2.27. The molecule has 0 unspecified atom stereocenters. The molecule has 0 aliphatic carbocycles. The first-order valence-corrected chi connectivity index (χ1v) is 6.92. The van der Waals surface area contributed by atoms with Crippen LogP contribution in [-0.4, -0.2) is 18.8 Å². The largest absolute Gasteiger partial charge is 0.492 e. The van der Waals surface area contributed by atoms with Crippen molar-refractivity contribution in [3.8, 4) is 5.75 Å². The van der Waals surface area contributed by atoms with Crippen molar-refractivity contribution in [2.45, 2.75) is 13.3 Å². The minimum Gasteiger partial charge on any atom is -0.492 e. The highest BCUT2D eigenvalue weighted by molar-refractivity contribution is 9.11. The van der Waals surface area contributed by atoms with E-state index in [4.69, 9.17) is 16.2 Å². The number of nitrogens with one attached hydrogen (secondary N) is 1. The summed E-state index contributed by atoms with van der Waals surface area (Å²) in [5.41, 5.74) is 11.3. The van der Waals surface area contributed by atoms with Gasteiger partial charge in [-0.15, -0.1) is 5.10 Å². The first-order chi connectivity index (χ1) is 8.54. The number of halogens is 2. The Hall–Kier alpha value is -1.08. The Kier molecular flexibility index (Phi) is 6.14. The van der Waals surface area contributed by atoms with Gasteiger partial charge in [0.25, 0.3) is 5.96 Å². The van der Waals surface area contributed by atoms with Gasteiger partial charge in [0.05, 0.1) is 16.6 Å². The van der Waals surface area contributed by atoms with Gasteiger partial charge in [-0.3, -0.25) is 0 Å². The van der Waals surface area contributed by atoms with E-state index in [0.29, 0.717) is 6.61 Å². The second kappa shape index (κ2) is 7.38. The highest BCUT2D eigenvalue weighted by atomic mass is 79.9. The molecule has 0 saturated heterocycles. The van der Waals surface area contributed by atoms with E-state index in [2.05, 4.69) is 42.1 Å². The molecule has 0 bridgehead atoms. The number of hydrazone groups is 1. The number of guanidine groups is 1. The van der Waals surface area contributed by atoms with Crippen molar-refractivity contribution in [1.82, 2.24) is 0 Å². The average molecular weight is 379 g/mol. The van der Waals surface area contributed by atoms with Crippen molar-refractivity contribution in [3.05, 3.63) is 26.6 Å². The summed E-state index contributed by atoms with van der Waals surface area (Å²) in [6, 6.07) is 3.83. The molecule has 0 heterocycles. The maximum absolute atomic E-state index is 5.68. The van der Waals surface area contributed by atoms with Crippen LogP contribution < -0.4 is 21.3 Å². The molecule has 1 aromatic carbocycles. The zero-order valence-electron chi connectivity index (χ0n) is 9.91. The zero-order chi connectivity index (χ0) is 13.5. The standard InChI is InChI=1S/C11H14Br2N4O/c1-2-3-18-10-7(6-16-17-11(14)15)4-8(12)5-9(10)13/h4-6H,2-3H2,1H3,(H4,14,15,17)/p+1/b16-6+. The lowest BCUT2D eigenvalue weighted by atomic mass is 10.2. The summed E-state index contributed by atoms with van der Waals surface area (Å²) in [6.45, 7) is 2.69. The fourth-order valence-corrected chi connectivity index (χ4v) is 2.59. The smallest absolute Gasteiger partial charge is 0.256 e. The molecule has 5 nitrogen and oxygen atoms in total. The Balaban J connectivity index is 3.06. The van der Waals surface area contributed by atoms with Gasteiger partial charge in [0.2, 0.25) is 6.21 Å². The predicted octanol–water partition coefficient (Wildman–Crippen LogP) is 0.688. The molecule has 5 N–H and O–H groups in total. The van der Waals surface area contributed by atoms with Crippen molar-refractivity contribution in [2.75, 3.05) is 6.61 Å². The highest BCUT2D eigenvalue weighted by Crippen LogP contribution is 2.31. The predicted molar refractivity (Wildman–Crippen MR) is 79.6 cm³/mol. The first-order valence-electron chi connectivity index (χ1n) is 5.33. The van der Waals surface area contributed by atoms with Gasteiger partial charge in [0.15, 0.2) is 0 Å². The first kappa shape index (κ1) is 15.0. The maximum atomic E-state index is 5.68. The van der Waals surface area contributed by atoms with Crippen molar-refractivity contribution >= 4 is 44.0 Å². The van der Waals surface area contributed by atoms with Gasteiger partial charge < -0.3 is 16.2 Å². The lowest BCUT2D eigenvalue weighted by Crippen LogP contribution is -2.63. The molecule has 0 saturated carbocycles. The number of ether oxygens (including phenoxy) is 1. The quantitative estimate of drug-likeness (QED) is 0.400. The van der Waals surface area contributed by atoms with E-state index in [-0.39, 0.29) is 5.96 Å². The van der Waals surface area contributed by atoms with Crippen molar-refractivity contribution in [3.63, 3.8) is 0 Å². The number of hydrogen-bond donors (Lipinski definition) is 3. The van der Waals surface area contributed by atoms with E-state index in [1.54, 1.807) is 6.21 Å². The van der Waals surface area contributed by atoms with Crippen LogP contribution in [0.15, 0.2) is 26.2 Å². The third-order valence-corrected chi connectivity index (χ3v) is 2.95. The van der Waals surface area contributed by atoms with E-state index in [0.717, 1.165) is 26.7 Å². The molecule has 1 aromatic rings. The summed E-state index contributed by atoms with van der Waals surface area (Å²) >= 11 is 6.88. The molecule has 0 spiro atoms. The monoisotopic (exact) mass is 377 g/mol. The number of nitrogens with zero attached hydrogens (tertiary/aromatic N) is 1. The van der Waals surface area contributed by atoms with Crippen LogP contribution in [0.25, 0.3) is 0 Å². The molecule has 0 aliphatic rings. The van der Waals surface area contributed by atoms with Gasteiger partial charge in [-0.25, -0.2) is 0 Å². The van der Waals surface area contributed by atoms with Crippen LogP contribution in [0.1, 0.15) is 18.9 Å². The Morgan fingerprint density at radius 3 is 2.78 bits per heavy atom. The van der Waals surface area contributed by atoms with Crippen LogP contribution in [0.3, 0.4) is 0 Å². The van der Waals surface area contributed by atoms with Gasteiger partial charge in [-0.2, -0.15) is 0 Å². The molecule has 18 heavy (non-hydrogen) atoms. The van der Waals surface area contributed by atoms with Gasteiger partial charge in [0.1, 0.15) is 5.75 Å². The summed E-state index contributed by atoms with van der Waals surface area (Å²) in [4.78, 5) is 0. The Bertz CT molecular complexity index is 470. The Morgan fingerprint density at radius 1 is 1.44 bits per heavy atom. The molecule has 0 amide bonds. The summed E-state index contributed by atoms with van der Waals surface area (Å²) in [7, 11) is 0. The third-order valence-electron chi connectivity index (χ3n) is 1.90. The Labute approximate surface area is 123 Å². The number of benzene rings is 1. The number of hydrogen-bond acceptors (Lipinski definition) is 2. The van der Waals surface area contributed by atoms with E-state index < -0.39 is 0 Å². The van der Waals surface area contributed by atoms with Crippen LogP contribution in [0.4, 0.5) is 0 Å². The van der Waals surface area contributed by atoms with Crippen LogP contribution >= 0.6 is 31.9 Å². The zero-order valence-corrected chi connectivity index (χ0v) is 13.1.